The normalized spacial score (nSPS) is 17.2. The third kappa shape index (κ3) is 4.01. The first-order valence-electron chi connectivity index (χ1n) is 8.27. The van der Waals surface area contributed by atoms with E-state index in [0.717, 1.165) is 16.9 Å². The Balaban J connectivity index is 1.42. The lowest BCUT2D eigenvalue weighted by atomic mass is 10.2. The van der Waals surface area contributed by atoms with E-state index in [9.17, 15) is 0 Å². The van der Waals surface area contributed by atoms with Crippen LogP contribution >= 0.6 is 11.6 Å². The van der Waals surface area contributed by atoms with Gasteiger partial charge in [-0.3, -0.25) is 0 Å². The molecular formula is C18H17ClN4O3. The van der Waals surface area contributed by atoms with E-state index < -0.39 is 0 Å². The summed E-state index contributed by atoms with van der Waals surface area (Å²) in [6.45, 7) is 2.53. The molecule has 2 aromatic heterocycles. The Morgan fingerprint density at radius 3 is 2.88 bits per heavy atom. The van der Waals surface area contributed by atoms with Gasteiger partial charge in [-0.05, 0) is 24.3 Å². The molecule has 0 saturated carbocycles. The Morgan fingerprint density at radius 2 is 2.12 bits per heavy atom. The average Bonchev–Trinajstić information content (AvgIpc) is 3.18. The maximum atomic E-state index is 6.00. The molecule has 1 unspecified atom stereocenters. The van der Waals surface area contributed by atoms with Crippen molar-refractivity contribution in [1.82, 2.24) is 15.1 Å². The largest absolute Gasteiger partial charge is 0.376 e. The fourth-order valence-corrected chi connectivity index (χ4v) is 2.77. The molecule has 0 bridgehead atoms. The molecule has 0 aliphatic carbocycles. The molecule has 0 amide bonds. The first-order valence-corrected chi connectivity index (χ1v) is 8.65. The number of ether oxygens (including phenoxy) is 2. The molecule has 4 rings (SSSR count). The zero-order valence-corrected chi connectivity index (χ0v) is 14.6. The van der Waals surface area contributed by atoms with Crippen LogP contribution in [-0.2, 0) is 9.47 Å². The molecule has 0 radical (unpaired) electrons. The summed E-state index contributed by atoms with van der Waals surface area (Å²) >= 11 is 6.00. The number of rotatable bonds is 5. The summed E-state index contributed by atoms with van der Waals surface area (Å²) in [7, 11) is 0. The molecule has 1 aliphatic rings. The highest BCUT2D eigenvalue weighted by atomic mass is 35.5. The minimum absolute atomic E-state index is 0.0430. The zero-order valence-electron chi connectivity index (χ0n) is 13.9. The number of pyridine rings is 1. The summed E-state index contributed by atoms with van der Waals surface area (Å²) in [5.74, 6) is 1.64. The molecule has 0 spiro atoms. The molecular weight excluding hydrogens is 356 g/mol. The quantitative estimate of drug-likeness (QED) is 0.735. The Morgan fingerprint density at radius 1 is 1.15 bits per heavy atom. The van der Waals surface area contributed by atoms with Gasteiger partial charge in [-0.1, -0.05) is 28.9 Å². The summed E-state index contributed by atoms with van der Waals surface area (Å²) in [6, 6.07) is 11.1. The highest BCUT2D eigenvalue weighted by molar-refractivity contribution is 6.30. The van der Waals surface area contributed by atoms with Gasteiger partial charge < -0.3 is 19.3 Å². The van der Waals surface area contributed by atoms with E-state index >= 15 is 0 Å². The lowest BCUT2D eigenvalue weighted by Crippen LogP contribution is -2.34. The van der Waals surface area contributed by atoms with E-state index in [0.29, 0.717) is 43.1 Å². The second-order valence-corrected chi connectivity index (χ2v) is 6.25. The number of nitrogens with zero attached hydrogens (tertiary/aromatic N) is 3. The van der Waals surface area contributed by atoms with E-state index in [2.05, 4.69) is 20.4 Å². The minimum atomic E-state index is 0.0430. The van der Waals surface area contributed by atoms with Gasteiger partial charge in [0.05, 0.1) is 31.5 Å². The fourth-order valence-electron chi connectivity index (χ4n) is 2.58. The molecule has 26 heavy (non-hydrogen) atoms. The van der Waals surface area contributed by atoms with Gasteiger partial charge in [0, 0.05) is 23.3 Å². The number of hydrogen-bond donors (Lipinski definition) is 1. The summed E-state index contributed by atoms with van der Waals surface area (Å²) in [6.07, 6.45) is 1.73. The predicted molar refractivity (Wildman–Crippen MR) is 97.0 cm³/mol. The standard InChI is InChI=1S/C18H17ClN4O3/c19-14-3-1-2-12(8-14)17-22-18(26-23-17)13-4-5-16(20-9-13)21-10-15-11-24-6-7-25-15/h1-5,8-9,15H,6-7,10-11H2,(H,20,21). The van der Waals surface area contributed by atoms with Crippen molar-refractivity contribution in [2.24, 2.45) is 0 Å². The number of benzene rings is 1. The summed E-state index contributed by atoms with van der Waals surface area (Å²) in [5, 5.41) is 7.86. The summed E-state index contributed by atoms with van der Waals surface area (Å²) in [5.41, 5.74) is 1.54. The smallest absolute Gasteiger partial charge is 0.259 e. The number of halogens is 1. The van der Waals surface area contributed by atoms with Crippen LogP contribution in [0.25, 0.3) is 22.8 Å². The summed E-state index contributed by atoms with van der Waals surface area (Å²) in [4.78, 5) is 8.79. The lowest BCUT2D eigenvalue weighted by molar-refractivity contribution is -0.0819. The van der Waals surface area contributed by atoms with Crippen LogP contribution in [0.5, 0.6) is 0 Å². The SMILES string of the molecule is Clc1cccc(-c2noc(-c3ccc(NCC4COCCO4)nc3)n2)c1. The van der Waals surface area contributed by atoms with Crippen molar-refractivity contribution >= 4 is 17.4 Å². The number of hydrogen-bond acceptors (Lipinski definition) is 7. The Hall–Kier alpha value is -2.48. The Kier molecular flexibility index (Phi) is 5.10. The lowest BCUT2D eigenvalue weighted by Gasteiger charge is -2.23. The van der Waals surface area contributed by atoms with Gasteiger partial charge in [-0.2, -0.15) is 4.98 Å². The highest BCUT2D eigenvalue weighted by Gasteiger charge is 2.15. The number of nitrogens with one attached hydrogen (secondary N) is 1. The Bertz CT molecular complexity index is 863. The van der Waals surface area contributed by atoms with Crippen molar-refractivity contribution < 1.29 is 14.0 Å². The Labute approximate surface area is 155 Å². The summed E-state index contributed by atoms with van der Waals surface area (Å²) < 4.78 is 16.3. The molecule has 1 fully saturated rings. The third-order valence-corrected chi connectivity index (χ3v) is 4.15. The molecule has 1 saturated heterocycles. The molecule has 3 heterocycles. The van der Waals surface area contributed by atoms with Crippen LogP contribution in [0.4, 0.5) is 5.82 Å². The van der Waals surface area contributed by atoms with Crippen molar-refractivity contribution in [3.63, 3.8) is 0 Å². The van der Waals surface area contributed by atoms with Crippen LogP contribution in [0.15, 0.2) is 47.1 Å². The molecule has 1 atom stereocenters. The van der Waals surface area contributed by atoms with Gasteiger partial charge in [0.25, 0.3) is 5.89 Å². The van der Waals surface area contributed by atoms with Crippen LogP contribution in [-0.4, -0.2) is 47.6 Å². The van der Waals surface area contributed by atoms with Gasteiger partial charge in [0.1, 0.15) is 5.82 Å². The van der Waals surface area contributed by atoms with Gasteiger partial charge >= 0.3 is 0 Å². The van der Waals surface area contributed by atoms with Crippen molar-refractivity contribution in [3.8, 4) is 22.8 Å². The second kappa shape index (κ2) is 7.82. The fraction of sp³-hybridized carbons (Fsp3) is 0.278. The molecule has 8 heteroatoms. The third-order valence-electron chi connectivity index (χ3n) is 3.92. The molecule has 3 aromatic rings. The molecule has 1 aromatic carbocycles. The van der Waals surface area contributed by atoms with Crippen molar-refractivity contribution in [1.29, 1.82) is 0 Å². The van der Waals surface area contributed by atoms with E-state index in [1.54, 1.807) is 18.3 Å². The predicted octanol–water partition coefficient (Wildman–Crippen LogP) is 3.28. The molecule has 134 valence electrons. The van der Waals surface area contributed by atoms with Crippen molar-refractivity contribution in [3.05, 3.63) is 47.6 Å². The topological polar surface area (TPSA) is 82.3 Å². The van der Waals surface area contributed by atoms with Gasteiger partial charge in [-0.25, -0.2) is 4.98 Å². The van der Waals surface area contributed by atoms with E-state index in [1.807, 2.05) is 24.3 Å². The monoisotopic (exact) mass is 372 g/mol. The van der Waals surface area contributed by atoms with Gasteiger partial charge in [0.15, 0.2) is 0 Å². The van der Waals surface area contributed by atoms with Crippen LogP contribution in [0, 0.1) is 0 Å². The van der Waals surface area contributed by atoms with E-state index in [1.165, 1.54) is 0 Å². The maximum absolute atomic E-state index is 6.00. The molecule has 7 nitrogen and oxygen atoms in total. The zero-order chi connectivity index (χ0) is 17.8. The van der Waals surface area contributed by atoms with E-state index in [-0.39, 0.29) is 6.10 Å². The highest BCUT2D eigenvalue weighted by Crippen LogP contribution is 2.24. The van der Waals surface area contributed by atoms with Crippen molar-refractivity contribution in [2.75, 3.05) is 31.7 Å². The van der Waals surface area contributed by atoms with Crippen LogP contribution in [0.1, 0.15) is 0 Å². The van der Waals surface area contributed by atoms with Crippen molar-refractivity contribution in [2.45, 2.75) is 6.10 Å². The van der Waals surface area contributed by atoms with Crippen LogP contribution in [0.3, 0.4) is 0 Å². The van der Waals surface area contributed by atoms with Gasteiger partial charge in [-0.15, -0.1) is 0 Å². The van der Waals surface area contributed by atoms with Crippen LogP contribution in [0.2, 0.25) is 5.02 Å². The minimum Gasteiger partial charge on any atom is -0.376 e. The first kappa shape index (κ1) is 17.0. The maximum Gasteiger partial charge on any atom is 0.259 e. The number of aromatic nitrogens is 3. The van der Waals surface area contributed by atoms with Gasteiger partial charge in [0.2, 0.25) is 5.82 Å². The van der Waals surface area contributed by atoms with Crippen LogP contribution < -0.4 is 5.32 Å². The second-order valence-electron chi connectivity index (χ2n) is 5.81. The first-order chi connectivity index (χ1) is 12.8. The number of anilines is 1. The van der Waals surface area contributed by atoms with E-state index in [4.69, 9.17) is 25.6 Å². The molecule has 1 N–H and O–H groups in total. The average molecular weight is 373 g/mol. The molecule has 1 aliphatic heterocycles.